The summed E-state index contributed by atoms with van der Waals surface area (Å²) in [6, 6.07) is 2.63. The molecule has 0 heterocycles. The number of benzene rings is 1. The second-order valence-corrected chi connectivity index (χ2v) is 3.46. The summed E-state index contributed by atoms with van der Waals surface area (Å²) in [4.78, 5) is 11.1. The third-order valence-corrected chi connectivity index (χ3v) is 2.42. The number of hydrogen-bond acceptors (Lipinski definition) is 2. The largest absolute Gasteiger partial charge is 0.432 e. The Labute approximate surface area is 94.7 Å². The van der Waals surface area contributed by atoms with Crippen molar-refractivity contribution in [1.82, 2.24) is 0 Å². The van der Waals surface area contributed by atoms with E-state index in [1.165, 1.54) is 19.1 Å². The van der Waals surface area contributed by atoms with Crippen molar-refractivity contribution in [3.63, 3.8) is 0 Å². The molecule has 0 aliphatic heterocycles. The Hall–Kier alpha value is -0.870. The first-order chi connectivity index (χ1) is 6.93. The molecule has 0 atom stereocenters. The van der Waals surface area contributed by atoms with Crippen molar-refractivity contribution >= 4 is 29.0 Å². The number of carbonyl (C=O) groups excluding carboxylic acids is 1. The normalized spacial score (nSPS) is 10.5. The minimum absolute atomic E-state index is 0.0234. The van der Waals surface area contributed by atoms with Gasteiger partial charge in [0.1, 0.15) is 5.02 Å². The molecule has 0 aromatic heterocycles. The number of Topliss-reactive ketones (excluding diaryl/α,β-unsaturated/α-hetero) is 1. The maximum Gasteiger partial charge on any atom is 0.387 e. The van der Waals surface area contributed by atoms with Crippen LogP contribution in [0.4, 0.5) is 8.78 Å². The molecule has 0 aliphatic rings. The fraction of sp³-hybridized carbons (Fsp3) is 0.222. The van der Waals surface area contributed by atoms with E-state index in [1.54, 1.807) is 0 Å². The number of halogens is 4. The Morgan fingerprint density at radius 3 is 2.47 bits per heavy atom. The molecular formula is C9H6Cl2F2O2. The van der Waals surface area contributed by atoms with Gasteiger partial charge in [0, 0.05) is 0 Å². The molecule has 0 fully saturated rings. The van der Waals surface area contributed by atoms with Crippen LogP contribution in [-0.4, -0.2) is 12.4 Å². The predicted octanol–water partition coefficient (Wildman–Crippen LogP) is 3.80. The van der Waals surface area contributed by atoms with Crippen LogP contribution in [0.5, 0.6) is 5.75 Å². The van der Waals surface area contributed by atoms with E-state index in [4.69, 9.17) is 23.2 Å². The van der Waals surface area contributed by atoms with Crippen LogP contribution in [0.25, 0.3) is 0 Å². The van der Waals surface area contributed by atoms with Crippen molar-refractivity contribution in [2.24, 2.45) is 0 Å². The summed E-state index contributed by atoms with van der Waals surface area (Å²) in [6.45, 7) is -1.84. The van der Waals surface area contributed by atoms with Gasteiger partial charge in [-0.15, -0.1) is 0 Å². The number of carbonyl (C=O) groups is 1. The van der Waals surface area contributed by atoms with Gasteiger partial charge in [-0.25, -0.2) is 0 Å². The number of alkyl halides is 2. The van der Waals surface area contributed by atoms with E-state index in [2.05, 4.69) is 4.74 Å². The molecule has 0 N–H and O–H groups in total. The molecule has 6 heteroatoms. The van der Waals surface area contributed by atoms with E-state index < -0.39 is 12.4 Å². The summed E-state index contributed by atoms with van der Waals surface area (Å²) >= 11 is 11.2. The van der Waals surface area contributed by atoms with Crippen LogP contribution in [0.1, 0.15) is 17.3 Å². The highest BCUT2D eigenvalue weighted by atomic mass is 35.5. The van der Waals surface area contributed by atoms with Gasteiger partial charge in [-0.05, 0) is 19.1 Å². The number of ether oxygens (including phenoxy) is 1. The maximum absolute atomic E-state index is 12.0. The molecule has 1 aromatic rings. The predicted molar refractivity (Wildman–Crippen MR) is 53.1 cm³/mol. The SMILES string of the molecule is CC(=O)c1ccc(Cl)c(Cl)c1OC(F)F. The quantitative estimate of drug-likeness (QED) is 0.768. The monoisotopic (exact) mass is 254 g/mol. The molecular weight excluding hydrogens is 249 g/mol. The first-order valence-corrected chi connectivity index (χ1v) is 4.62. The number of rotatable bonds is 3. The average Bonchev–Trinajstić information content (AvgIpc) is 2.12. The van der Waals surface area contributed by atoms with Crippen LogP contribution in [0, 0.1) is 0 Å². The molecule has 1 rings (SSSR count). The van der Waals surface area contributed by atoms with E-state index in [9.17, 15) is 13.6 Å². The van der Waals surface area contributed by atoms with Crippen molar-refractivity contribution in [3.05, 3.63) is 27.7 Å². The fourth-order valence-electron chi connectivity index (χ4n) is 1.01. The van der Waals surface area contributed by atoms with Gasteiger partial charge in [-0.3, -0.25) is 4.79 Å². The first kappa shape index (κ1) is 12.2. The molecule has 2 nitrogen and oxygen atoms in total. The van der Waals surface area contributed by atoms with Crippen molar-refractivity contribution in [2.45, 2.75) is 13.5 Å². The topological polar surface area (TPSA) is 26.3 Å². The Bertz CT molecular complexity index is 394. The third kappa shape index (κ3) is 2.79. The molecule has 1 aromatic carbocycles. The van der Waals surface area contributed by atoms with Crippen LogP contribution in [0.3, 0.4) is 0 Å². The first-order valence-electron chi connectivity index (χ1n) is 3.87. The number of hydrogen-bond donors (Lipinski definition) is 0. The Morgan fingerprint density at radius 2 is 2.00 bits per heavy atom. The molecule has 0 saturated heterocycles. The summed E-state index contributed by atoms with van der Waals surface area (Å²) in [5.74, 6) is -0.809. The lowest BCUT2D eigenvalue weighted by Gasteiger charge is -2.11. The van der Waals surface area contributed by atoms with E-state index in [1.807, 2.05) is 0 Å². The Kier molecular flexibility index (Phi) is 3.88. The highest BCUT2D eigenvalue weighted by Gasteiger charge is 2.18. The summed E-state index contributed by atoms with van der Waals surface area (Å²) in [7, 11) is 0. The van der Waals surface area contributed by atoms with Gasteiger partial charge in [-0.1, -0.05) is 23.2 Å². The summed E-state index contributed by atoms with van der Waals surface area (Å²) < 4.78 is 28.2. The smallest absolute Gasteiger partial charge is 0.387 e. The van der Waals surface area contributed by atoms with E-state index in [0.717, 1.165) is 0 Å². The average molecular weight is 255 g/mol. The van der Waals surface area contributed by atoms with Crippen molar-refractivity contribution in [1.29, 1.82) is 0 Å². The molecule has 0 unspecified atom stereocenters. The lowest BCUT2D eigenvalue weighted by molar-refractivity contribution is -0.0500. The standard InChI is InChI=1S/C9H6Cl2F2O2/c1-4(14)5-2-3-6(10)7(11)8(5)15-9(12)13/h2-3,9H,1H3. The van der Waals surface area contributed by atoms with Gasteiger partial charge < -0.3 is 4.74 Å². The van der Waals surface area contributed by atoms with Gasteiger partial charge in [0.25, 0.3) is 0 Å². The number of ketones is 1. The minimum Gasteiger partial charge on any atom is -0.432 e. The van der Waals surface area contributed by atoms with Crippen molar-refractivity contribution in [2.75, 3.05) is 0 Å². The highest BCUT2D eigenvalue weighted by Crippen LogP contribution is 2.36. The Morgan fingerprint density at radius 1 is 1.40 bits per heavy atom. The molecule has 0 amide bonds. The lowest BCUT2D eigenvalue weighted by atomic mass is 10.1. The lowest BCUT2D eigenvalue weighted by Crippen LogP contribution is -2.07. The van der Waals surface area contributed by atoms with Crippen molar-refractivity contribution in [3.8, 4) is 5.75 Å². The van der Waals surface area contributed by atoms with E-state index in [-0.39, 0.29) is 21.4 Å². The Balaban J connectivity index is 3.28. The van der Waals surface area contributed by atoms with Crippen LogP contribution < -0.4 is 4.74 Å². The van der Waals surface area contributed by atoms with Gasteiger partial charge in [0.15, 0.2) is 11.5 Å². The minimum atomic E-state index is -3.06. The second-order valence-electron chi connectivity index (χ2n) is 2.67. The van der Waals surface area contributed by atoms with Crippen LogP contribution in [-0.2, 0) is 0 Å². The molecule has 15 heavy (non-hydrogen) atoms. The molecule has 0 radical (unpaired) electrons. The zero-order valence-electron chi connectivity index (χ0n) is 7.56. The van der Waals surface area contributed by atoms with Crippen LogP contribution in [0.15, 0.2) is 12.1 Å². The fourth-order valence-corrected chi connectivity index (χ4v) is 1.37. The summed E-state index contributed by atoms with van der Waals surface area (Å²) in [6.07, 6.45) is 0. The van der Waals surface area contributed by atoms with Crippen LogP contribution >= 0.6 is 23.2 Å². The zero-order valence-corrected chi connectivity index (χ0v) is 9.07. The van der Waals surface area contributed by atoms with Crippen LogP contribution in [0.2, 0.25) is 10.0 Å². The summed E-state index contributed by atoms with van der Waals surface area (Å²) in [5.41, 5.74) is -0.0234. The van der Waals surface area contributed by atoms with Gasteiger partial charge in [-0.2, -0.15) is 8.78 Å². The molecule has 0 bridgehead atoms. The van der Waals surface area contributed by atoms with E-state index >= 15 is 0 Å². The molecule has 0 aliphatic carbocycles. The summed E-state index contributed by atoms with van der Waals surface area (Å²) in [5, 5.41) is -0.137. The van der Waals surface area contributed by atoms with Gasteiger partial charge >= 0.3 is 6.61 Å². The molecule has 0 saturated carbocycles. The molecule has 0 spiro atoms. The van der Waals surface area contributed by atoms with Crippen molar-refractivity contribution < 1.29 is 18.3 Å². The zero-order chi connectivity index (χ0) is 11.6. The third-order valence-electron chi connectivity index (χ3n) is 1.64. The second kappa shape index (κ2) is 4.77. The van der Waals surface area contributed by atoms with Gasteiger partial charge in [0.2, 0.25) is 0 Å². The van der Waals surface area contributed by atoms with Gasteiger partial charge in [0.05, 0.1) is 10.6 Å². The van der Waals surface area contributed by atoms with E-state index in [0.29, 0.717) is 0 Å². The maximum atomic E-state index is 12.0. The molecule has 82 valence electrons. The highest BCUT2D eigenvalue weighted by molar-refractivity contribution is 6.43.